The highest BCUT2D eigenvalue weighted by atomic mass is 35.5. The van der Waals surface area contributed by atoms with Crippen molar-refractivity contribution in [2.24, 2.45) is 0 Å². The molecular formula is C17H14ClNO3S3. The number of thiophene rings is 2. The number of rotatable bonds is 6. The van der Waals surface area contributed by atoms with Crippen molar-refractivity contribution in [1.82, 2.24) is 5.32 Å². The lowest BCUT2D eigenvalue weighted by Gasteiger charge is -2.16. The van der Waals surface area contributed by atoms with Crippen molar-refractivity contribution in [2.75, 3.05) is 6.54 Å². The second-order valence-electron chi connectivity index (χ2n) is 5.20. The van der Waals surface area contributed by atoms with E-state index in [1.54, 1.807) is 53.9 Å². The van der Waals surface area contributed by atoms with Gasteiger partial charge >= 0.3 is 0 Å². The average molecular weight is 412 g/mol. The van der Waals surface area contributed by atoms with Crippen LogP contribution in [0.3, 0.4) is 0 Å². The van der Waals surface area contributed by atoms with E-state index in [0.717, 1.165) is 0 Å². The van der Waals surface area contributed by atoms with Crippen LogP contribution in [0.1, 0.15) is 20.5 Å². The molecular weight excluding hydrogens is 398 g/mol. The molecule has 0 bridgehead atoms. The van der Waals surface area contributed by atoms with E-state index in [9.17, 15) is 13.2 Å². The zero-order chi connectivity index (χ0) is 17.9. The molecule has 25 heavy (non-hydrogen) atoms. The van der Waals surface area contributed by atoms with Gasteiger partial charge in [-0.1, -0.05) is 23.7 Å². The summed E-state index contributed by atoms with van der Waals surface area (Å²) in [5, 5.41) is 6.00. The van der Waals surface area contributed by atoms with Crippen LogP contribution in [0.15, 0.2) is 63.5 Å². The third-order valence-corrected chi connectivity index (χ3v) is 8.47. The second kappa shape index (κ2) is 7.70. The quantitative estimate of drug-likeness (QED) is 0.653. The molecule has 2 heterocycles. The normalized spacial score (nSPS) is 12.7. The summed E-state index contributed by atoms with van der Waals surface area (Å²) in [6.07, 6.45) is 0. The predicted molar refractivity (Wildman–Crippen MR) is 102 cm³/mol. The number of hydrogen-bond donors (Lipinski definition) is 1. The van der Waals surface area contributed by atoms with Crippen molar-refractivity contribution < 1.29 is 13.2 Å². The molecule has 2 aromatic heterocycles. The SMILES string of the molecule is O=C(NCC(c1cccs1)S(=O)(=O)c1cccs1)c1ccc(Cl)cc1. The van der Waals surface area contributed by atoms with E-state index in [2.05, 4.69) is 5.32 Å². The monoisotopic (exact) mass is 411 g/mol. The summed E-state index contributed by atoms with van der Waals surface area (Å²) in [4.78, 5) is 13.0. The van der Waals surface area contributed by atoms with Gasteiger partial charge in [-0.05, 0) is 47.2 Å². The number of carbonyl (C=O) groups excluding carboxylic acids is 1. The molecule has 3 aromatic rings. The van der Waals surface area contributed by atoms with Gasteiger partial charge in [0.2, 0.25) is 0 Å². The minimum absolute atomic E-state index is 0.00219. The molecule has 1 amide bonds. The Morgan fingerprint density at radius 1 is 1.04 bits per heavy atom. The summed E-state index contributed by atoms with van der Waals surface area (Å²) in [7, 11) is -3.57. The lowest BCUT2D eigenvalue weighted by atomic mass is 10.2. The molecule has 1 unspecified atom stereocenters. The van der Waals surface area contributed by atoms with Crippen LogP contribution in [0.4, 0.5) is 0 Å². The van der Waals surface area contributed by atoms with E-state index in [1.165, 1.54) is 22.7 Å². The fourth-order valence-corrected chi connectivity index (χ4v) is 6.41. The Hall–Kier alpha value is -1.67. The molecule has 0 spiro atoms. The Balaban J connectivity index is 1.82. The molecule has 1 aromatic carbocycles. The molecule has 0 saturated carbocycles. The van der Waals surface area contributed by atoms with Gasteiger partial charge in [0, 0.05) is 22.0 Å². The molecule has 1 atom stereocenters. The number of halogens is 1. The van der Waals surface area contributed by atoms with E-state index < -0.39 is 15.1 Å². The molecule has 8 heteroatoms. The van der Waals surface area contributed by atoms with Crippen molar-refractivity contribution >= 4 is 50.0 Å². The zero-order valence-electron chi connectivity index (χ0n) is 12.9. The summed E-state index contributed by atoms with van der Waals surface area (Å²) in [5.41, 5.74) is 0.433. The van der Waals surface area contributed by atoms with E-state index in [0.29, 0.717) is 19.7 Å². The van der Waals surface area contributed by atoms with Gasteiger partial charge in [-0.15, -0.1) is 22.7 Å². The van der Waals surface area contributed by atoms with E-state index >= 15 is 0 Å². The lowest BCUT2D eigenvalue weighted by Crippen LogP contribution is -2.31. The summed E-state index contributed by atoms with van der Waals surface area (Å²) >= 11 is 8.36. The highest BCUT2D eigenvalue weighted by Gasteiger charge is 2.31. The summed E-state index contributed by atoms with van der Waals surface area (Å²) < 4.78 is 26.2. The van der Waals surface area contributed by atoms with Crippen LogP contribution in [-0.4, -0.2) is 20.9 Å². The van der Waals surface area contributed by atoms with Crippen molar-refractivity contribution in [1.29, 1.82) is 0 Å². The largest absolute Gasteiger partial charge is 0.350 e. The fourth-order valence-electron chi connectivity index (χ4n) is 2.29. The maximum atomic E-state index is 12.9. The number of hydrogen-bond acceptors (Lipinski definition) is 5. The second-order valence-corrected chi connectivity index (χ2v) is 9.92. The molecule has 0 saturated heterocycles. The van der Waals surface area contributed by atoms with Crippen LogP contribution in [0.5, 0.6) is 0 Å². The Kier molecular flexibility index (Phi) is 5.58. The number of amides is 1. The lowest BCUT2D eigenvalue weighted by molar-refractivity contribution is 0.0954. The van der Waals surface area contributed by atoms with Crippen LogP contribution >= 0.6 is 34.3 Å². The summed E-state index contributed by atoms with van der Waals surface area (Å²) in [6, 6.07) is 13.3. The molecule has 0 fully saturated rings. The van der Waals surface area contributed by atoms with E-state index in [1.807, 2.05) is 5.38 Å². The fraction of sp³-hybridized carbons (Fsp3) is 0.118. The van der Waals surface area contributed by atoms with Gasteiger partial charge in [0.1, 0.15) is 9.46 Å². The van der Waals surface area contributed by atoms with Gasteiger partial charge in [-0.2, -0.15) is 0 Å². The maximum absolute atomic E-state index is 12.9. The Labute approximate surface area is 159 Å². The number of sulfone groups is 1. The van der Waals surface area contributed by atoms with E-state index in [4.69, 9.17) is 11.6 Å². The third-order valence-electron chi connectivity index (χ3n) is 3.57. The predicted octanol–water partition coefficient (Wildman–Crippen LogP) is 4.41. The van der Waals surface area contributed by atoms with Crippen LogP contribution in [-0.2, 0) is 9.84 Å². The molecule has 0 aliphatic heterocycles. The minimum Gasteiger partial charge on any atom is -0.350 e. The smallest absolute Gasteiger partial charge is 0.251 e. The number of benzene rings is 1. The molecule has 3 rings (SSSR count). The van der Waals surface area contributed by atoms with Crippen molar-refractivity contribution in [3.05, 3.63) is 74.8 Å². The van der Waals surface area contributed by atoms with Crippen molar-refractivity contribution in [3.8, 4) is 0 Å². The first-order valence-corrected chi connectivity index (χ1v) is 11.0. The highest BCUT2D eigenvalue weighted by Crippen LogP contribution is 2.33. The van der Waals surface area contributed by atoms with Gasteiger partial charge in [-0.3, -0.25) is 4.79 Å². The molecule has 0 radical (unpaired) electrons. The molecule has 0 aliphatic carbocycles. The average Bonchev–Trinajstić information content (AvgIpc) is 3.29. The Morgan fingerprint density at radius 2 is 1.72 bits per heavy atom. The van der Waals surface area contributed by atoms with Crippen LogP contribution in [0.25, 0.3) is 0 Å². The van der Waals surface area contributed by atoms with Gasteiger partial charge < -0.3 is 5.32 Å². The molecule has 4 nitrogen and oxygen atoms in total. The highest BCUT2D eigenvalue weighted by molar-refractivity contribution is 7.93. The van der Waals surface area contributed by atoms with Crippen molar-refractivity contribution in [2.45, 2.75) is 9.46 Å². The molecule has 0 aliphatic rings. The maximum Gasteiger partial charge on any atom is 0.251 e. The summed E-state index contributed by atoms with van der Waals surface area (Å²) in [6.45, 7) is 0.00219. The minimum atomic E-state index is -3.57. The first kappa shape index (κ1) is 18.1. The molecule has 130 valence electrons. The zero-order valence-corrected chi connectivity index (χ0v) is 16.1. The first-order valence-electron chi connectivity index (χ1n) is 7.33. The van der Waals surface area contributed by atoms with Crippen molar-refractivity contribution in [3.63, 3.8) is 0 Å². The van der Waals surface area contributed by atoms with Crippen LogP contribution in [0, 0.1) is 0 Å². The standard InChI is InChI=1S/C17H14ClNO3S3/c18-13-7-5-12(6-8-13)17(20)19-11-15(14-3-1-9-23-14)25(21,22)16-4-2-10-24-16/h1-10,15H,11H2,(H,19,20). The van der Waals surface area contributed by atoms with Gasteiger partial charge in [0.15, 0.2) is 9.84 Å². The van der Waals surface area contributed by atoms with Gasteiger partial charge in [0.25, 0.3) is 5.91 Å². The topological polar surface area (TPSA) is 63.2 Å². The first-order chi connectivity index (χ1) is 12.0. The summed E-state index contributed by atoms with van der Waals surface area (Å²) in [5.74, 6) is -0.334. The van der Waals surface area contributed by atoms with Crippen LogP contribution in [0.2, 0.25) is 5.02 Å². The Bertz CT molecular complexity index is 934. The number of nitrogens with one attached hydrogen (secondary N) is 1. The Morgan fingerprint density at radius 3 is 2.32 bits per heavy atom. The van der Waals surface area contributed by atoms with Gasteiger partial charge in [0.05, 0.1) is 0 Å². The van der Waals surface area contributed by atoms with Crippen LogP contribution < -0.4 is 5.32 Å². The third kappa shape index (κ3) is 4.12. The van der Waals surface area contributed by atoms with Gasteiger partial charge in [-0.25, -0.2) is 8.42 Å². The number of carbonyl (C=O) groups is 1. The van der Waals surface area contributed by atoms with E-state index in [-0.39, 0.29) is 12.5 Å². The molecule has 1 N–H and O–H groups in total.